The van der Waals surface area contributed by atoms with Crippen molar-refractivity contribution in [1.82, 2.24) is 25.5 Å². The Labute approximate surface area is 148 Å². The van der Waals surface area contributed by atoms with E-state index in [-0.39, 0.29) is 12.0 Å². The van der Waals surface area contributed by atoms with Crippen LogP contribution in [0.1, 0.15) is 26.2 Å². The van der Waals surface area contributed by atoms with Crippen molar-refractivity contribution in [2.75, 3.05) is 5.32 Å². The summed E-state index contributed by atoms with van der Waals surface area (Å²) in [5, 5.41) is 12.7. The van der Waals surface area contributed by atoms with Crippen LogP contribution in [0.4, 0.5) is 20.4 Å². The second-order valence-corrected chi connectivity index (χ2v) is 6.66. The third-order valence-electron chi connectivity index (χ3n) is 4.92. The minimum absolute atomic E-state index is 0.0923. The number of hydrogen-bond donors (Lipinski definition) is 3. The van der Waals surface area contributed by atoms with Crippen LogP contribution in [0.2, 0.25) is 0 Å². The number of nitrogens with one attached hydrogen (secondary N) is 3. The minimum atomic E-state index is -2.91. The molecule has 2 aromatic rings. The van der Waals surface area contributed by atoms with Gasteiger partial charge in [-0.25, -0.2) is 5.10 Å². The van der Waals surface area contributed by atoms with Gasteiger partial charge in [-0.2, -0.15) is 18.9 Å². The highest BCUT2D eigenvalue weighted by Gasteiger charge is 2.40. The molecule has 2 saturated heterocycles. The van der Waals surface area contributed by atoms with Crippen LogP contribution in [0.25, 0.3) is 0 Å². The fourth-order valence-corrected chi connectivity index (χ4v) is 3.64. The highest BCUT2D eigenvalue weighted by molar-refractivity contribution is 5.52. The average molecular weight is 366 g/mol. The van der Waals surface area contributed by atoms with E-state index in [1.54, 1.807) is 6.20 Å². The molecule has 0 unspecified atom stereocenters. The number of anilines is 2. The molecule has 0 saturated carbocycles. The van der Waals surface area contributed by atoms with Crippen molar-refractivity contribution in [2.24, 2.45) is 5.92 Å². The maximum atomic E-state index is 12.2. The normalized spacial score (nSPS) is 27.5. The van der Waals surface area contributed by atoms with Gasteiger partial charge in [0.1, 0.15) is 6.10 Å². The van der Waals surface area contributed by atoms with E-state index in [4.69, 9.17) is 4.74 Å². The molecular formula is C16H20F2N6O2. The minimum Gasteiger partial charge on any atom is -0.473 e. The first kappa shape index (κ1) is 17.0. The largest absolute Gasteiger partial charge is 0.473 e. The van der Waals surface area contributed by atoms with Gasteiger partial charge in [0, 0.05) is 24.1 Å². The fraction of sp³-hybridized carbons (Fsp3) is 0.562. The molecule has 4 heterocycles. The Hall–Kier alpha value is -2.49. The summed E-state index contributed by atoms with van der Waals surface area (Å²) in [5.41, 5.74) is 0. The van der Waals surface area contributed by atoms with Gasteiger partial charge < -0.3 is 20.1 Å². The molecule has 2 aromatic heterocycles. The van der Waals surface area contributed by atoms with Crippen LogP contribution < -0.4 is 20.1 Å². The maximum absolute atomic E-state index is 12.2. The van der Waals surface area contributed by atoms with Gasteiger partial charge in [-0.15, -0.1) is 0 Å². The molecule has 2 aliphatic heterocycles. The second kappa shape index (κ2) is 7.02. The summed E-state index contributed by atoms with van der Waals surface area (Å²) in [6.45, 7) is -0.727. The number of ether oxygens (including phenoxy) is 2. The number of H-pyrrole nitrogens is 1. The molecule has 0 amide bonds. The van der Waals surface area contributed by atoms with E-state index in [2.05, 4.69) is 42.5 Å². The molecule has 8 nitrogen and oxygen atoms in total. The van der Waals surface area contributed by atoms with E-state index in [0.29, 0.717) is 35.5 Å². The van der Waals surface area contributed by atoms with Crippen molar-refractivity contribution < 1.29 is 18.3 Å². The molecule has 140 valence electrons. The Balaban J connectivity index is 1.41. The number of rotatable bonds is 6. The van der Waals surface area contributed by atoms with Gasteiger partial charge in [-0.1, -0.05) is 6.92 Å². The summed E-state index contributed by atoms with van der Waals surface area (Å²) in [7, 11) is 0. The van der Waals surface area contributed by atoms with Crippen molar-refractivity contribution in [3.8, 4) is 11.8 Å². The van der Waals surface area contributed by atoms with Gasteiger partial charge in [-0.3, -0.25) is 4.98 Å². The Morgan fingerprint density at radius 3 is 3.00 bits per heavy atom. The molecule has 0 radical (unpaired) electrons. The number of nitrogens with zero attached hydrogens (tertiary/aromatic N) is 3. The third kappa shape index (κ3) is 3.69. The molecule has 26 heavy (non-hydrogen) atoms. The summed E-state index contributed by atoms with van der Waals surface area (Å²) in [6.07, 6.45) is 6.48. The van der Waals surface area contributed by atoms with Gasteiger partial charge in [0.15, 0.2) is 11.6 Å². The molecule has 2 bridgehead atoms. The zero-order valence-electron chi connectivity index (χ0n) is 14.2. The first-order valence-corrected chi connectivity index (χ1v) is 8.59. The number of piperidine rings is 1. The third-order valence-corrected chi connectivity index (χ3v) is 4.92. The van der Waals surface area contributed by atoms with Gasteiger partial charge in [0.05, 0.1) is 12.4 Å². The van der Waals surface area contributed by atoms with Gasteiger partial charge in [0.25, 0.3) is 0 Å². The topological polar surface area (TPSA) is 97.0 Å². The molecule has 2 aliphatic rings. The standard InChI is InChI=1S/C16H20F2N6O2/c1-8-10-3-2-9(20-10)4-11(8)25-15-7-19-6-13(22-15)21-12-5-14(24-23-12)26-16(17)18/h5-11,16,20H,2-4H2,1H3,(H2,21,22,23,24)/t8-,9+,10-,11-/m1/s1. The number of hydrogen-bond acceptors (Lipinski definition) is 7. The second-order valence-electron chi connectivity index (χ2n) is 6.66. The molecule has 4 rings (SSSR count). The predicted octanol–water partition coefficient (Wildman–Crippen LogP) is 2.45. The van der Waals surface area contributed by atoms with Crippen LogP contribution in [0.3, 0.4) is 0 Å². The fourth-order valence-electron chi connectivity index (χ4n) is 3.64. The quantitative estimate of drug-likeness (QED) is 0.722. The van der Waals surface area contributed by atoms with Crippen molar-refractivity contribution in [2.45, 2.75) is 51.0 Å². The maximum Gasteiger partial charge on any atom is 0.388 e. The summed E-state index contributed by atoms with van der Waals surface area (Å²) >= 11 is 0. The highest BCUT2D eigenvalue weighted by Crippen LogP contribution is 2.33. The SMILES string of the molecule is C[C@@H]1[C@H]2CC[C@@H](C[C@H]1Oc1cncc(Nc3cc(OC(F)F)[nH]n3)n1)N2. The average Bonchev–Trinajstić information content (AvgIpc) is 3.20. The Kier molecular flexibility index (Phi) is 4.58. The molecule has 4 atom stereocenters. The van der Waals surface area contributed by atoms with E-state index in [9.17, 15) is 8.78 Å². The summed E-state index contributed by atoms with van der Waals surface area (Å²) in [4.78, 5) is 8.50. The van der Waals surface area contributed by atoms with Crippen LogP contribution >= 0.6 is 0 Å². The number of fused-ring (bicyclic) bond motifs is 2. The van der Waals surface area contributed by atoms with Crippen molar-refractivity contribution in [1.29, 1.82) is 0 Å². The van der Waals surface area contributed by atoms with Crippen molar-refractivity contribution >= 4 is 11.6 Å². The number of alkyl halides is 2. The van der Waals surface area contributed by atoms with E-state index in [0.717, 1.165) is 6.42 Å². The van der Waals surface area contributed by atoms with Gasteiger partial charge >= 0.3 is 6.61 Å². The van der Waals surface area contributed by atoms with Crippen molar-refractivity contribution in [3.63, 3.8) is 0 Å². The molecule has 2 fully saturated rings. The summed E-state index contributed by atoms with van der Waals surface area (Å²) in [6, 6.07) is 2.31. The van der Waals surface area contributed by atoms with Crippen LogP contribution in [0.5, 0.6) is 11.8 Å². The lowest BCUT2D eigenvalue weighted by Crippen LogP contribution is -2.49. The number of halogens is 2. The van der Waals surface area contributed by atoms with E-state index in [1.807, 2.05) is 0 Å². The lowest BCUT2D eigenvalue weighted by molar-refractivity contribution is -0.0528. The van der Waals surface area contributed by atoms with E-state index < -0.39 is 6.61 Å². The molecule has 0 spiro atoms. The number of aromatic nitrogens is 4. The lowest BCUT2D eigenvalue weighted by Gasteiger charge is -2.35. The van der Waals surface area contributed by atoms with Crippen LogP contribution in [-0.2, 0) is 0 Å². The van der Waals surface area contributed by atoms with Crippen molar-refractivity contribution in [3.05, 3.63) is 18.5 Å². The Morgan fingerprint density at radius 2 is 2.15 bits per heavy atom. The van der Waals surface area contributed by atoms with Gasteiger partial charge in [-0.05, 0) is 19.3 Å². The Morgan fingerprint density at radius 1 is 1.27 bits per heavy atom. The zero-order chi connectivity index (χ0) is 18.1. The first-order valence-electron chi connectivity index (χ1n) is 8.59. The molecule has 0 aliphatic carbocycles. The van der Waals surface area contributed by atoms with Crippen LogP contribution in [0, 0.1) is 5.92 Å². The van der Waals surface area contributed by atoms with E-state index >= 15 is 0 Å². The first-order chi connectivity index (χ1) is 12.6. The Bertz CT molecular complexity index is 758. The zero-order valence-corrected chi connectivity index (χ0v) is 14.2. The highest BCUT2D eigenvalue weighted by atomic mass is 19.3. The van der Waals surface area contributed by atoms with Gasteiger partial charge in [0.2, 0.25) is 11.8 Å². The monoisotopic (exact) mass is 366 g/mol. The summed E-state index contributed by atoms with van der Waals surface area (Å²) in [5.74, 6) is 1.38. The number of aromatic amines is 1. The predicted molar refractivity (Wildman–Crippen MR) is 88.7 cm³/mol. The lowest BCUT2D eigenvalue weighted by atomic mass is 9.91. The summed E-state index contributed by atoms with van der Waals surface area (Å²) < 4.78 is 34.7. The molecule has 10 heteroatoms. The molecular weight excluding hydrogens is 346 g/mol. The molecule has 0 aromatic carbocycles. The van der Waals surface area contributed by atoms with Crippen LogP contribution in [-0.4, -0.2) is 45.0 Å². The molecule has 3 N–H and O–H groups in total. The smallest absolute Gasteiger partial charge is 0.388 e. The van der Waals surface area contributed by atoms with Crippen LogP contribution in [0.15, 0.2) is 18.5 Å². The van der Waals surface area contributed by atoms with E-state index in [1.165, 1.54) is 25.1 Å².